The third-order valence-corrected chi connectivity index (χ3v) is 3.47. The second-order valence-electron chi connectivity index (χ2n) is 5.02. The van der Waals surface area contributed by atoms with Crippen molar-refractivity contribution in [3.05, 3.63) is 22.2 Å². The van der Waals surface area contributed by atoms with Gasteiger partial charge in [-0.2, -0.15) is 0 Å². The van der Waals surface area contributed by atoms with Crippen LogP contribution in [-0.2, 0) is 4.74 Å². The zero-order chi connectivity index (χ0) is 15.2. The summed E-state index contributed by atoms with van der Waals surface area (Å²) in [6.45, 7) is 6.86. The number of piperidine rings is 1. The number of nitrogens with zero attached hydrogens (tertiary/aromatic N) is 3. The highest BCUT2D eigenvalue weighted by Crippen LogP contribution is 2.26. The molecule has 2 rings (SSSR count). The summed E-state index contributed by atoms with van der Waals surface area (Å²) in [5, 5.41) is 14.1. The second kappa shape index (κ2) is 7.21. The Morgan fingerprint density at radius 3 is 3.00 bits per heavy atom. The summed E-state index contributed by atoms with van der Waals surface area (Å²) in [5.74, 6) is 1.18. The van der Waals surface area contributed by atoms with E-state index in [0.29, 0.717) is 24.8 Å². The Labute approximate surface area is 124 Å². The van der Waals surface area contributed by atoms with Crippen LogP contribution in [0.25, 0.3) is 0 Å². The van der Waals surface area contributed by atoms with Crippen LogP contribution >= 0.6 is 0 Å². The molecule has 7 heteroatoms. The van der Waals surface area contributed by atoms with Gasteiger partial charge in [-0.05, 0) is 26.7 Å². The van der Waals surface area contributed by atoms with E-state index in [1.807, 2.05) is 13.8 Å². The van der Waals surface area contributed by atoms with E-state index in [1.54, 1.807) is 0 Å². The predicted octanol–water partition coefficient (Wildman–Crippen LogP) is 2.43. The van der Waals surface area contributed by atoms with Crippen molar-refractivity contribution in [1.29, 1.82) is 0 Å². The molecule has 1 fully saturated rings. The summed E-state index contributed by atoms with van der Waals surface area (Å²) in [7, 11) is 0. The Morgan fingerprint density at radius 2 is 2.33 bits per heavy atom. The molecule has 2 heterocycles. The standard InChI is InChI=1S/C14H22N4O3/c1-3-15-13-8-11(18(19)20)9-14(16-13)17-7-5-6-12(10-17)21-4-2/h8-9,12H,3-7,10H2,1-2H3,(H,15,16). The fraction of sp³-hybridized carbons (Fsp3) is 0.643. The summed E-state index contributed by atoms with van der Waals surface area (Å²) < 4.78 is 5.67. The molecule has 1 saturated heterocycles. The average Bonchev–Trinajstić information content (AvgIpc) is 2.48. The quantitative estimate of drug-likeness (QED) is 0.641. The van der Waals surface area contributed by atoms with Crippen LogP contribution in [0, 0.1) is 10.1 Å². The predicted molar refractivity (Wildman–Crippen MR) is 81.9 cm³/mol. The summed E-state index contributed by atoms with van der Waals surface area (Å²) in [4.78, 5) is 17.2. The molecule has 0 bridgehead atoms. The van der Waals surface area contributed by atoms with Gasteiger partial charge < -0.3 is 15.0 Å². The van der Waals surface area contributed by atoms with Crippen molar-refractivity contribution in [2.75, 3.05) is 36.5 Å². The number of hydrogen-bond donors (Lipinski definition) is 1. The Kier molecular flexibility index (Phi) is 5.32. The molecule has 21 heavy (non-hydrogen) atoms. The van der Waals surface area contributed by atoms with Gasteiger partial charge in [-0.25, -0.2) is 4.98 Å². The third kappa shape index (κ3) is 4.04. The van der Waals surface area contributed by atoms with Crippen LogP contribution in [0.15, 0.2) is 12.1 Å². The molecular weight excluding hydrogens is 272 g/mol. The number of hydrogen-bond acceptors (Lipinski definition) is 6. The van der Waals surface area contributed by atoms with Gasteiger partial charge in [0.05, 0.1) is 23.2 Å². The number of nitro groups is 1. The van der Waals surface area contributed by atoms with E-state index in [0.717, 1.165) is 25.9 Å². The second-order valence-corrected chi connectivity index (χ2v) is 5.02. The van der Waals surface area contributed by atoms with Gasteiger partial charge in [0.2, 0.25) is 0 Å². The molecule has 1 atom stereocenters. The summed E-state index contributed by atoms with van der Waals surface area (Å²) in [6, 6.07) is 3.01. The lowest BCUT2D eigenvalue weighted by molar-refractivity contribution is -0.384. The zero-order valence-electron chi connectivity index (χ0n) is 12.5. The van der Waals surface area contributed by atoms with Crippen molar-refractivity contribution in [3.63, 3.8) is 0 Å². The molecule has 0 aromatic carbocycles. The van der Waals surface area contributed by atoms with Gasteiger partial charge in [-0.15, -0.1) is 0 Å². The molecule has 0 radical (unpaired) electrons. The first-order valence-electron chi connectivity index (χ1n) is 7.41. The normalized spacial score (nSPS) is 18.6. The molecule has 0 aliphatic carbocycles. The van der Waals surface area contributed by atoms with E-state index in [2.05, 4.69) is 15.2 Å². The molecule has 116 valence electrons. The van der Waals surface area contributed by atoms with Crippen molar-refractivity contribution in [1.82, 2.24) is 4.98 Å². The van der Waals surface area contributed by atoms with Crippen LogP contribution in [0.3, 0.4) is 0 Å². The summed E-state index contributed by atoms with van der Waals surface area (Å²) in [5.41, 5.74) is 0.0643. The molecule has 1 aromatic heterocycles. The molecule has 1 unspecified atom stereocenters. The third-order valence-electron chi connectivity index (χ3n) is 3.47. The topological polar surface area (TPSA) is 80.5 Å². The molecule has 0 amide bonds. The van der Waals surface area contributed by atoms with E-state index >= 15 is 0 Å². The van der Waals surface area contributed by atoms with Gasteiger partial charge in [0.1, 0.15) is 11.6 Å². The minimum Gasteiger partial charge on any atom is -0.377 e. The van der Waals surface area contributed by atoms with Crippen LogP contribution in [-0.4, -0.2) is 42.3 Å². The van der Waals surface area contributed by atoms with Gasteiger partial charge in [-0.3, -0.25) is 10.1 Å². The fourth-order valence-corrected chi connectivity index (χ4v) is 2.56. The number of aromatic nitrogens is 1. The average molecular weight is 294 g/mol. The van der Waals surface area contributed by atoms with Crippen molar-refractivity contribution in [2.45, 2.75) is 32.8 Å². The lowest BCUT2D eigenvalue weighted by atomic mass is 10.1. The minimum atomic E-state index is -0.379. The molecule has 1 N–H and O–H groups in total. The van der Waals surface area contributed by atoms with E-state index in [4.69, 9.17) is 4.74 Å². The minimum absolute atomic E-state index is 0.0643. The molecule has 1 aromatic rings. The maximum Gasteiger partial charge on any atom is 0.276 e. The zero-order valence-corrected chi connectivity index (χ0v) is 12.5. The fourth-order valence-electron chi connectivity index (χ4n) is 2.56. The first-order valence-corrected chi connectivity index (χ1v) is 7.41. The van der Waals surface area contributed by atoms with E-state index in [1.165, 1.54) is 12.1 Å². The largest absolute Gasteiger partial charge is 0.377 e. The molecule has 1 aliphatic heterocycles. The smallest absolute Gasteiger partial charge is 0.276 e. The summed E-state index contributed by atoms with van der Waals surface area (Å²) in [6.07, 6.45) is 2.21. The first-order chi connectivity index (χ1) is 10.1. The SMILES string of the molecule is CCNc1cc([N+](=O)[O-])cc(N2CCCC(OCC)C2)n1. The van der Waals surface area contributed by atoms with E-state index < -0.39 is 0 Å². The van der Waals surface area contributed by atoms with Gasteiger partial charge in [0, 0.05) is 26.2 Å². The molecule has 1 aliphatic rings. The molecule has 7 nitrogen and oxygen atoms in total. The molecular formula is C14H22N4O3. The van der Waals surface area contributed by atoms with Gasteiger partial charge >= 0.3 is 0 Å². The van der Waals surface area contributed by atoms with E-state index in [9.17, 15) is 10.1 Å². The Balaban J connectivity index is 2.22. The van der Waals surface area contributed by atoms with Crippen molar-refractivity contribution < 1.29 is 9.66 Å². The first kappa shape index (κ1) is 15.5. The highest BCUT2D eigenvalue weighted by Gasteiger charge is 2.23. The Bertz CT molecular complexity index is 493. The molecule has 0 saturated carbocycles. The lowest BCUT2D eigenvalue weighted by Crippen LogP contribution is -2.40. The number of anilines is 2. The monoisotopic (exact) mass is 294 g/mol. The number of pyridine rings is 1. The maximum absolute atomic E-state index is 11.1. The van der Waals surface area contributed by atoms with Crippen LogP contribution < -0.4 is 10.2 Å². The van der Waals surface area contributed by atoms with Crippen molar-refractivity contribution in [2.24, 2.45) is 0 Å². The van der Waals surface area contributed by atoms with Gasteiger partial charge in [0.15, 0.2) is 0 Å². The highest BCUT2D eigenvalue weighted by molar-refractivity contribution is 5.56. The van der Waals surface area contributed by atoms with Crippen LogP contribution in [0.1, 0.15) is 26.7 Å². The van der Waals surface area contributed by atoms with Crippen molar-refractivity contribution in [3.8, 4) is 0 Å². The van der Waals surface area contributed by atoms with E-state index in [-0.39, 0.29) is 16.7 Å². The van der Waals surface area contributed by atoms with Crippen LogP contribution in [0.2, 0.25) is 0 Å². The van der Waals surface area contributed by atoms with Crippen LogP contribution in [0.4, 0.5) is 17.3 Å². The Hall–Kier alpha value is -1.89. The maximum atomic E-state index is 11.1. The highest BCUT2D eigenvalue weighted by atomic mass is 16.6. The summed E-state index contributed by atoms with van der Waals surface area (Å²) >= 11 is 0. The van der Waals surface area contributed by atoms with Crippen molar-refractivity contribution >= 4 is 17.3 Å². The van der Waals surface area contributed by atoms with Crippen LogP contribution in [0.5, 0.6) is 0 Å². The number of ether oxygens (including phenoxy) is 1. The Morgan fingerprint density at radius 1 is 1.52 bits per heavy atom. The van der Waals surface area contributed by atoms with Gasteiger partial charge in [-0.1, -0.05) is 0 Å². The number of rotatable bonds is 6. The molecule has 0 spiro atoms. The van der Waals surface area contributed by atoms with Gasteiger partial charge in [0.25, 0.3) is 5.69 Å². The number of nitrogens with one attached hydrogen (secondary N) is 1. The lowest BCUT2D eigenvalue weighted by Gasteiger charge is -2.33.